The third kappa shape index (κ3) is 2.18. The summed E-state index contributed by atoms with van der Waals surface area (Å²) in [7, 11) is 0. The molecule has 0 spiro atoms. The van der Waals surface area contributed by atoms with Crippen molar-refractivity contribution in [2.75, 3.05) is 12.5 Å². The second-order valence-corrected chi connectivity index (χ2v) is 10.6. The van der Waals surface area contributed by atoms with Crippen LogP contribution in [0.1, 0.15) is 12.8 Å². The summed E-state index contributed by atoms with van der Waals surface area (Å²) in [6.45, 7) is 0. The smallest absolute Gasteiger partial charge is 0.261 e. The number of rotatable bonds is 2. The number of nitrogens with zero attached hydrogens (tertiary/aromatic N) is 2. The Balaban J connectivity index is 1.70. The highest BCUT2D eigenvalue weighted by Crippen LogP contribution is 2.59. The molecule has 2 amide bonds. The molecule has 8 atom stereocenters. The van der Waals surface area contributed by atoms with Gasteiger partial charge in [0.25, 0.3) is 11.8 Å². The van der Waals surface area contributed by atoms with Gasteiger partial charge in [-0.1, -0.05) is 12.2 Å². The first-order chi connectivity index (χ1) is 14.2. The van der Waals surface area contributed by atoms with E-state index in [0.29, 0.717) is 0 Å². The van der Waals surface area contributed by atoms with Crippen LogP contribution in [0, 0.1) is 11.8 Å². The molecule has 3 aliphatic heterocycles. The molecule has 2 N–H and O–H groups in total. The predicted octanol–water partition coefficient (Wildman–Crippen LogP) is -0.448. The van der Waals surface area contributed by atoms with Crippen LogP contribution >= 0.6 is 23.5 Å². The maximum Gasteiger partial charge on any atom is 0.261 e. The maximum absolute atomic E-state index is 14.1. The van der Waals surface area contributed by atoms with E-state index >= 15 is 0 Å². The van der Waals surface area contributed by atoms with Gasteiger partial charge in [0.05, 0.1) is 24.3 Å². The standard InChI is InChI=1S/C20H22N2O6S2/c1-29-19-7-9-11(23)3-5-13(25)15(9)21(19)18(28)20(30-2)8-10-12(24)4-6-14(26)16(10)22(20)17(19)27/h3-6,9-10,13-16,25-26H,7-8H2,1-2H3/t9-,10-,13+,14?,15+,16+,19-,20-/m0/s1. The van der Waals surface area contributed by atoms with Crippen molar-refractivity contribution in [3.05, 3.63) is 24.3 Å². The van der Waals surface area contributed by atoms with Crippen molar-refractivity contribution in [1.82, 2.24) is 9.80 Å². The minimum atomic E-state index is -1.35. The van der Waals surface area contributed by atoms with Crippen molar-refractivity contribution in [2.45, 2.75) is 46.9 Å². The number of aliphatic hydroxyl groups is 2. The quantitative estimate of drug-likeness (QED) is 0.582. The van der Waals surface area contributed by atoms with Crippen molar-refractivity contribution in [3.63, 3.8) is 0 Å². The molecule has 2 aliphatic carbocycles. The van der Waals surface area contributed by atoms with Gasteiger partial charge in [-0.3, -0.25) is 19.2 Å². The van der Waals surface area contributed by atoms with Gasteiger partial charge >= 0.3 is 0 Å². The highest BCUT2D eigenvalue weighted by atomic mass is 32.2. The predicted molar refractivity (Wildman–Crippen MR) is 110 cm³/mol. The van der Waals surface area contributed by atoms with Crippen LogP contribution in [0.2, 0.25) is 0 Å². The van der Waals surface area contributed by atoms with Gasteiger partial charge in [0.15, 0.2) is 21.3 Å². The lowest BCUT2D eigenvalue weighted by molar-refractivity contribution is -0.168. The number of carbonyl (C=O) groups is 4. The number of carbonyl (C=O) groups excluding carboxylic acids is 4. The number of hydrogen-bond donors (Lipinski definition) is 2. The van der Waals surface area contributed by atoms with E-state index in [1.54, 1.807) is 12.5 Å². The highest BCUT2D eigenvalue weighted by molar-refractivity contribution is 8.01. The number of amides is 2. The Morgan fingerprint density at radius 1 is 0.800 bits per heavy atom. The summed E-state index contributed by atoms with van der Waals surface area (Å²) in [5.74, 6) is -2.52. The van der Waals surface area contributed by atoms with E-state index in [-0.39, 0.29) is 36.2 Å². The topological polar surface area (TPSA) is 115 Å². The number of hydrogen-bond acceptors (Lipinski definition) is 8. The molecule has 0 aromatic carbocycles. The molecule has 5 rings (SSSR count). The Bertz CT molecular complexity index is 862. The highest BCUT2D eigenvalue weighted by Gasteiger charge is 2.74. The summed E-state index contributed by atoms with van der Waals surface area (Å²) in [6, 6.07) is -1.64. The van der Waals surface area contributed by atoms with Gasteiger partial charge in [0.1, 0.15) is 0 Å². The lowest BCUT2D eigenvalue weighted by atomic mass is 9.85. The molecule has 5 aliphatic rings. The molecule has 160 valence electrons. The Kier molecular flexibility index (Phi) is 4.36. The zero-order chi connectivity index (χ0) is 21.6. The van der Waals surface area contributed by atoms with Gasteiger partial charge in [0.2, 0.25) is 0 Å². The molecule has 0 radical (unpaired) electrons. The molecule has 8 nitrogen and oxygen atoms in total. The molecule has 0 aromatic rings. The number of ketones is 2. The minimum Gasteiger partial charge on any atom is -0.387 e. The van der Waals surface area contributed by atoms with Crippen molar-refractivity contribution in [2.24, 2.45) is 11.8 Å². The van der Waals surface area contributed by atoms with Crippen LogP contribution in [0.15, 0.2) is 24.3 Å². The third-order valence-corrected chi connectivity index (χ3v) is 9.75. The average Bonchev–Trinajstić information content (AvgIpc) is 3.29. The van der Waals surface area contributed by atoms with E-state index < -0.39 is 45.9 Å². The van der Waals surface area contributed by atoms with E-state index in [1.165, 1.54) is 57.6 Å². The summed E-state index contributed by atoms with van der Waals surface area (Å²) < 4.78 is 0. The van der Waals surface area contributed by atoms with E-state index in [4.69, 9.17) is 0 Å². The van der Waals surface area contributed by atoms with E-state index in [1.807, 2.05) is 0 Å². The third-order valence-electron chi connectivity index (χ3n) is 7.32. The molecule has 3 heterocycles. The molecule has 1 unspecified atom stereocenters. The van der Waals surface area contributed by atoms with Crippen LogP contribution in [0.4, 0.5) is 0 Å². The van der Waals surface area contributed by atoms with Crippen LogP contribution < -0.4 is 0 Å². The van der Waals surface area contributed by atoms with Crippen molar-refractivity contribution >= 4 is 46.9 Å². The lowest BCUT2D eigenvalue weighted by Gasteiger charge is -2.54. The monoisotopic (exact) mass is 450 g/mol. The molecular weight excluding hydrogens is 428 g/mol. The van der Waals surface area contributed by atoms with Gasteiger partial charge in [-0.25, -0.2) is 0 Å². The summed E-state index contributed by atoms with van der Waals surface area (Å²) in [5, 5.41) is 21.3. The van der Waals surface area contributed by atoms with Crippen LogP contribution in [-0.4, -0.2) is 89.9 Å². The molecule has 30 heavy (non-hydrogen) atoms. The van der Waals surface area contributed by atoms with E-state index in [2.05, 4.69) is 0 Å². The average molecular weight is 451 g/mol. The minimum absolute atomic E-state index is 0.0991. The summed E-state index contributed by atoms with van der Waals surface area (Å²) >= 11 is 2.35. The zero-order valence-electron chi connectivity index (χ0n) is 16.4. The largest absolute Gasteiger partial charge is 0.387 e. The number of thioether (sulfide) groups is 2. The number of piperazine rings is 1. The fraction of sp³-hybridized carbons (Fsp3) is 0.600. The Hall–Kier alpha value is -1.62. The van der Waals surface area contributed by atoms with Gasteiger partial charge < -0.3 is 20.0 Å². The number of aliphatic hydroxyl groups excluding tert-OH is 2. The first kappa shape index (κ1) is 20.3. The Labute approximate surface area is 181 Å². The Morgan fingerprint density at radius 3 is 1.50 bits per heavy atom. The molecule has 0 aromatic heterocycles. The fourth-order valence-electron chi connectivity index (χ4n) is 5.95. The number of fused-ring (bicyclic) bond motifs is 6. The van der Waals surface area contributed by atoms with Gasteiger partial charge in [0, 0.05) is 24.7 Å². The van der Waals surface area contributed by atoms with E-state index in [9.17, 15) is 29.4 Å². The lowest BCUT2D eigenvalue weighted by Crippen LogP contribution is -2.74. The van der Waals surface area contributed by atoms with Crippen LogP contribution in [0.3, 0.4) is 0 Å². The second-order valence-electron chi connectivity index (χ2n) is 8.43. The van der Waals surface area contributed by atoms with Crippen LogP contribution in [-0.2, 0) is 19.2 Å². The normalized spacial score (nSPS) is 46.8. The number of allylic oxidation sites excluding steroid dienone is 2. The summed E-state index contributed by atoms with van der Waals surface area (Å²) in [6.07, 6.45) is 6.91. The maximum atomic E-state index is 14.1. The molecule has 3 fully saturated rings. The molecular formula is C20H22N2O6S2. The fourth-order valence-corrected chi connectivity index (χ4v) is 7.99. The summed E-state index contributed by atoms with van der Waals surface area (Å²) in [4.78, 5) is 53.4. The molecule has 0 saturated carbocycles. The first-order valence-electron chi connectivity index (χ1n) is 9.81. The first-order valence-corrected chi connectivity index (χ1v) is 12.3. The van der Waals surface area contributed by atoms with Crippen molar-refractivity contribution in [1.29, 1.82) is 0 Å². The second kappa shape index (κ2) is 6.44. The van der Waals surface area contributed by atoms with Gasteiger partial charge in [-0.05, 0) is 24.7 Å². The van der Waals surface area contributed by atoms with Crippen LogP contribution in [0.25, 0.3) is 0 Å². The van der Waals surface area contributed by atoms with Crippen molar-refractivity contribution in [3.8, 4) is 0 Å². The molecule has 3 saturated heterocycles. The van der Waals surface area contributed by atoms with Gasteiger partial charge in [-0.15, -0.1) is 23.5 Å². The van der Waals surface area contributed by atoms with Gasteiger partial charge in [-0.2, -0.15) is 0 Å². The summed E-state index contributed by atoms with van der Waals surface area (Å²) in [5.41, 5.74) is 0. The molecule has 10 heteroatoms. The van der Waals surface area contributed by atoms with Crippen molar-refractivity contribution < 1.29 is 29.4 Å². The van der Waals surface area contributed by atoms with Crippen LogP contribution in [0.5, 0.6) is 0 Å². The zero-order valence-corrected chi connectivity index (χ0v) is 18.1. The van der Waals surface area contributed by atoms with E-state index in [0.717, 1.165) is 0 Å². The molecule has 0 bridgehead atoms. The Morgan fingerprint density at radius 2 is 1.17 bits per heavy atom. The SMILES string of the molecule is CS[C@]12C[C@H]3C(=O)C=C[C@@H](O)[C@@H]3N1C(=O)[C@@]1(SC)C[C@H]3C(=O)C=CC(O)[C@@H]3N1C2=O.